The Morgan fingerprint density at radius 1 is 1.12 bits per heavy atom. The Bertz CT molecular complexity index is 685. The van der Waals surface area contributed by atoms with E-state index in [1.807, 2.05) is 30.3 Å². The molecule has 0 radical (unpaired) electrons. The van der Waals surface area contributed by atoms with Gasteiger partial charge < -0.3 is 15.4 Å². The quantitative estimate of drug-likeness (QED) is 0.882. The van der Waals surface area contributed by atoms with Crippen LogP contribution < -0.4 is 10.6 Å². The molecule has 1 fully saturated rings. The monoisotopic (exact) mass is 328 g/mol. The average molecular weight is 328 g/mol. The number of carbonyl (C=O) groups excluding carboxylic acids is 1. The maximum absolute atomic E-state index is 14.0. The number of ether oxygens (including phenoxy) is 1. The van der Waals surface area contributed by atoms with Crippen molar-refractivity contribution in [2.45, 2.75) is 25.3 Å². The largest absolute Gasteiger partial charge is 0.382 e. The molecule has 1 aliphatic heterocycles. The third-order valence-corrected chi connectivity index (χ3v) is 4.04. The lowest BCUT2D eigenvalue weighted by atomic mass is 10.1. The summed E-state index contributed by atoms with van der Waals surface area (Å²) in [5.41, 5.74) is 1.90. The minimum atomic E-state index is -0.436. The third-order valence-electron chi connectivity index (χ3n) is 4.04. The number of hydrogen-bond donors (Lipinski definition) is 2. The second-order valence-electron chi connectivity index (χ2n) is 5.94. The van der Waals surface area contributed by atoms with Gasteiger partial charge in [-0.25, -0.2) is 4.39 Å². The second kappa shape index (κ2) is 7.93. The van der Waals surface area contributed by atoms with Gasteiger partial charge in [-0.2, -0.15) is 0 Å². The highest BCUT2D eigenvalue weighted by atomic mass is 19.1. The molecule has 0 aromatic heterocycles. The zero-order valence-corrected chi connectivity index (χ0v) is 13.4. The van der Waals surface area contributed by atoms with Crippen molar-refractivity contribution in [3.8, 4) is 0 Å². The third kappa shape index (κ3) is 4.55. The Labute approximate surface area is 141 Å². The summed E-state index contributed by atoms with van der Waals surface area (Å²) in [4.78, 5) is 12.1. The molecule has 0 bridgehead atoms. The van der Waals surface area contributed by atoms with E-state index in [9.17, 15) is 9.18 Å². The second-order valence-corrected chi connectivity index (χ2v) is 5.94. The number of amides is 1. The van der Waals surface area contributed by atoms with Crippen LogP contribution >= 0.6 is 0 Å². The predicted molar refractivity (Wildman–Crippen MR) is 92.6 cm³/mol. The van der Waals surface area contributed by atoms with Crippen molar-refractivity contribution in [2.24, 2.45) is 0 Å². The number of rotatable bonds is 5. The van der Waals surface area contributed by atoms with Gasteiger partial charge in [-0.3, -0.25) is 4.79 Å². The van der Waals surface area contributed by atoms with E-state index >= 15 is 0 Å². The number of halogens is 1. The minimum Gasteiger partial charge on any atom is -0.382 e. The van der Waals surface area contributed by atoms with E-state index in [1.165, 1.54) is 6.07 Å². The zero-order valence-electron chi connectivity index (χ0n) is 13.4. The fourth-order valence-corrected chi connectivity index (χ4v) is 2.76. The molecule has 2 N–H and O–H groups in total. The first-order valence-electron chi connectivity index (χ1n) is 8.18. The Morgan fingerprint density at radius 2 is 1.88 bits per heavy atom. The van der Waals surface area contributed by atoms with Crippen molar-refractivity contribution in [3.63, 3.8) is 0 Å². The Hall–Kier alpha value is -2.40. The standard InChI is InChI=1S/C19H21FN2O2/c20-17-7-6-16(21-15-8-10-24-11-9-15)13-18(17)22-19(23)12-14-4-2-1-3-5-14/h1-7,13,15,21H,8-12H2,(H,22,23). The van der Waals surface area contributed by atoms with Crippen LogP contribution in [0.5, 0.6) is 0 Å². The maximum atomic E-state index is 14.0. The fourth-order valence-electron chi connectivity index (χ4n) is 2.76. The lowest BCUT2D eigenvalue weighted by Crippen LogP contribution is -2.27. The van der Waals surface area contributed by atoms with Crippen LogP contribution in [0.4, 0.5) is 15.8 Å². The van der Waals surface area contributed by atoms with E-state index in [4.69, 9.17) is 4.74 Å². The smallest absolute Gasteiger partial charge is 0.228 e. The number of hydrogen-bond acceptors (Lipinski definition) is 3. The molecule has 0 aliphatic carbocycles. The summed E-state index contributed by atoms with van der Waals surface area (Å²) in [6, 6.07) is 14.4. The molecule has 2 aromatic carbocycles. The van der Waals surface area contributed by atoms with E-state index < -0.39 is 5.82 Å². The summed E-state index contributed by atoms with van der Waals surface area (Å²) in [7, 11) is 0. The van der Waals surface area contributed by atoms with Crippen molar-refractivity contribution in [1.29, 1.82) is 0 Å². The van der Waals surface area contributed by atoms with E-state index in [0.29, 0.717) is 6.04 Å². The Balaban J connectivity index is 1.63. The van der Waals surface area contributed by atoms with Gasteiger partial charge in [0.15, 0.2) is 0 Å². The molecule has 4 nitrogen and oxygen atoms in total. The molecule has 1 saturated heterocycles. The minimum absolute atomic E-state index is 0.202. The van der Waals surface area contributed by atoms with Gasteiger partial charge in [-0.15, -0.1) is 0 Å². The molecule has 3 rings (SSSR count). The molecule has 0 unspecified atom stereocenters. The van der Waals surface area contributed by atoms with Crippen LogP contribution in [0.3, 0.4) is 0 Å². The van der Waals surface area contributed by atoms with Crippen molar-refractivity contribution >= 4 is 17.3 Å². The van der Waals surface area contributed by atoms with Gasteiger partial charge in [-0.05, 0) is 36.6 Å². The molecule has 24 heavy (non-hydrogen) atoms. The molecule has 5 heteroatoms. The van der Waals surface area contributed by atoms with Crippen molar-refractivity contribution in [1.82, 2.24) is 0 Å². The van der Waals surface area contributed by atoms with Crippen LogP contribution in [-0.4, -0.2) is 25.2 Å². The molecule has 1 aliphatic rings. The van der Waals surface area contributed by atoms with E-state index in [1.54, 1.807) is 12.1 Å². The molecule has 0 atom stereocenters. The van der Waals surface area contributed by atoms with Gasteiger partial charge in [-0.1, -0.05) is 30.3 Å². The Morgan fingerprint density at radius 3 is 2.62 bits per heavy atom. The van der Waals surface area contributed by atoms with E-state index in [2.05, 4.69) is 10.6 Å². The predicted octanol–water partition coefficient (Wildman–Crippen LogP) is 3.60. The van der Waals surface area contributed by atoms with Crippen molar-refractivity contribution in [3.05, 3.63) is 59.9 Å². The van der Waals surface area contributed by atoms with Gasteiger partial charge >= 0.3 is 0 Å². The number of nitrogens with one attached hydrogen (secondary N) is 2. The highest BCUT2D eigenvalue weighted by Crippen LogP contribution is 2.22. The molecular formula is C19H21FN2O2. The first kappa shape index (κ1) is 16.5. The van der Waals surface area contributed by atoms with Gasteiger partial charge in [0.2, 0.25) is 5.91 Å². The molecule has 0 spiro atoms. The summed E-state index contributed by atoms with van der Waals surface area (Å²) in [5, 5.41) is 6.03. The lowest BCUT2D eigenvalue weighted by Gasteiger charge is -2.24. The highest BCUT2D eigenvalue weighted by Gasteiger charge is 2.15. The molecule has 1 heterocycles. The number of benzene rings is 2. The molecule has 126 valence electrons. The summed E-state index contributed by atoms with van der Waals surface area (Å²) in [5.74, 6) is -0.669. The van der Waals surface area contributed by atoms with Crippen LogP contribution in [0.15, 0.2) is 48.5 Å². The average Bonchev–Trinajstić information content (AvgIpc) is 2.60. The lowest BCUT2D eigenvalue weighted by molar-refractivity contribution is -0.115. The molecule has 1 amide bonds. The normalized spacial score (nSPS) is 15.0. The number of anilines is 2. The first-order chi connectivity index (χ1) is 11.7. The zero-order chi connectivity index (χ0) is 16.8. The summed E-state index contributed by atoms with van der Waals surface area (Å²) >= 11 is 0. The van der Waals surface area contributed by atoms with Crippen molar-refractivity contribution < 1.29 is 13.9 Å². The van der Waals surface area contributed by atoms with Crippen LogP contribution in [-0.2, 0) is 16.0 Å². The maximum Gasteiger partial charge on any atom is 0.228 e. The summed E-state index contributed by atoms with van der Waals surface area (Å²) < 4.78 is 19.3. The topological polar surface area (TPSA) is 50.4 Å². The highest BCUT2D eigenvalue weighted by molar-refractivity contribution is 5.92. The summed E-state index contributed by atoms with van der Waals surface area (Å²) in [6.07, 6.45) is 2.07. The van der Waals surface area contributed by atoms with Crippen molar-refractivity contribution in [2.75, 3.05) is 23.8 Å². The summed E-state index contributed by atoms with van der Waals surface area (Å²) in [6.45, 7) is 1.47. The van der Waals surface area contributed by atoms with Crippen LogP contribution in [0.2, 0.25) is 0 Å². The van der Waals surface area contributed by atoms with Gasteiger partial charge in [0.25, 0.3) is 0 Å². The molecule has 0 saturated carbocycles. The van der Waals surface area contributed by atoms with E-state index in [-0.39, 0.29) is 18.0 Å². The first-order valence-corrected chi connectivity index (χ1v) is 8.18. The number of carbonyl (C=O) groups is 1. The van der Waals surface area contributed by atoms with Gasteiger partial charge in [0, 0.05) is 24.9 Å². The molecule has 2 aromatic rings. The van der Waals surface area contributed by atoms with Gasteiger partial charge in [0.1, 0.15) is 5.82 Å². The molecular weight excluding hydrogens is 307 g/mol. The van der Waals surface area contributed by atoms with Crippen LogP contribution in [0.25, 0.3) is 0 Å². The Kier molecular flexibility index (Phi) is 5.43. The SMILES string of the molecule is O=C(Cc1ccccc1)Nc1cc(NC2CCOCC2)ccc1F. The fraction of sp³-hybridized carbons (Fsp3) is 0.316. The van der Waals surface area contributed by atoms with E-state index in [0.717, 1.165) is 37.3 Å². The van der Waals surface area contributed by atoms with Crippen LogP contribution in [0.1, 0.15) is 18.4 Å². The van der Waals surface area contributed by atoms with Gasteiger partial charge in [0.05, 0.1) is 12.1 Å². The van der Waals surface area contributed by atoms with Crippen LogP contribution in [0, 0.1) is 5.82 Å².